The van der Waals surface area contributed by atoms with E-state index in [0.717, 1.165) is 24.1 Å². The summed E-state index contributed by atoms with van der Waals surface area (Å²) in [6, 6.07) is 6.13. The highest BCUT2D eigenvalue weighted by Gasteiger charge is 2.13. The van der Waals surface area contributed by atoms with Gasteiger partial charge in [0.25, 0.3) is 0 Å². The first-order chi connectivity index (χ1) is 8.47. The van der Waals surface area contributed by atoms with Gasteiger partial charge in [0.2, 0.25) is 5.96 Å². The van der Waals surface area contributed by atoms with Gasteiger partial charge in [-0.2, -0.15) is 4.99 Å². The monoisotopic (exact) mass is 247 g/mol. The van der Waals surface area contributed by atoms with Crippen molar-refractivity contribution in [3.05, 3.63) is 29.3 Å². The van der Waals surface area contributed by atoms with Gasteiger partial charge in [-0.15, -0.1) is 0 Å². The molecule has 0 aliphatic rings. The van der Waals surface area contributed by atoms with E-state index in [4.69, 9.17) is 16.9 Å². The molecule has 1 rings (SSSR count). The highest BCUT2D eigenvalue weighted by molar-refractivity contribution is 6.01. The van der Waals surface area contributed by atoms with Gasteiger partial charge in [0, 0.05) is 12.7 Å². The van der Waals surface area contributed by atoms with E-state index in [1.54, 1.807) is 11.9 Å². The Kier molecular flexibility index (Phi) is 4.71. The average molecular weight is 247 g/mol. The maximum absolute atomic E-state index is 7.87. The predicted molar refractivity (Wildman–Crippen MR) is 77.1 cm³/mol. The molecule has 0 radical (unpaired) electrons. The molecule has 0 fully saturated rings. The summed E-state index contributed by atoms with van der Waals surface area (Å²) in [5, 5.41) is 7.87. The maximum Gasteiger partial charge on any atom is 0.225 e. The predicted octanol–water partition coefficient (Wildman–Crippen LogP) is 1.59. The molecule has 1 aromatic carbocycles. The van der Waals surface area contributed by atoms with Gasteiger partial charge in [-0.1, -0.05) is 31.5 Å². The van der Waals surface area contributed by atoms with Crippen LogP contribution in [-0.2, 0) is 6.42 Å². The summed E-state index contributed by atoms with van der Waals surface area (Å²) in [6.45, 7) is 4.15. The molecule has 0 aromatic heterocycles. The van der Waals surface area contributed by atoms with Gasteiger partial charge < -0.3 is 16.4 Å². The van der Waals surface area contributed by atoms with Crippen LogP contribution in [0.1, 0.15) is 24.5 Å². The number of nitrogens with two attached hydrogens (primary N) is 2. The Morgan fingerprint density at radius 1 is 1.39 bits per heavy atom. The highest BCUT2D eigenvalue weighted by Crippen LogP contribution is 2.25. The lowest BCUT2D eigenvalue weighted by atomic mass is 10.0. The smallest absolute Gasteiger partial charge is 0.225 e. The quantitative estimate of drug-likeness (QED) is 0.559. The normalized spacial score (nSPS) is 9.94. The van der Waals surface area contributed by atoms with Gasteiger partial charge in [0.15, 0.2) is 5.96 Å². The number of rotatable bonds is 3. The van der Waals surface area contributed by atoms with Crippen molar-refractivity contribution >= 4 is 17.6 Å². The highest BCUT2D eigenvalue weighted by atomic mass is 15.3. The Hall–Kier alpha value is -2.04. The second-order valence-corrected chi connectivity index (χ2v) is 4.25. The zero-order chi connectivity index (χ0) is 13.7. The lowest BCUT2D eigenvalue weighted by Gasteiger charge is -2.22. The van der Waals surface area contributed by atoms with E-state index in [9.17, 15) is 0 Å². The molecule has 0 bridgehead atoms. The van der Waals surface area contributed by atoms with E-state index in [0.29, 0.717) is 0 Å². The number of aryl methyl sites for hydroxylation is 2. The van der Waals surface area contributed by atoms with E-state index < -0.39 is 0 Å². The first kappa shape index (κ1) is 14.0. The van der Waals surface area contributed by atoms with E-state index in [1.807, 2.05) is 19.1 Å². The zero-order valence-corrected chi connectivity index (χ0v) is 11.2. The first-order valence-corrected chi connectivity index (χ1v) is 5.97. The largest absolute Gasteiger partial charge is 0.370 e. The molecule has 0 aliphatic heterocycles. The van der Waals surface area contributed by atoms with Crippen LogP contribution in [0, 0.1) is 12.3 Å². The number of guanidine groups is 2. The Morgan fingerprint density at radius 3 is 2.61 bits per heavy atom. The van der Waals surface area contributed by atoms with Crippen LogP contribution in [0.15, 0.2) is 23.2 Å². The minimum absolute atomic E-state index is 0.0432. The molecule has 98 valence electrons. The average Bonchev–Trinajstić information content (AvgIpc) is 2.28. The minimum Gasteiger partial charge on any atom is -0.370 e. The number of benzene rings is 1. The molecule has 1 aromatic rings. The molecule has 0 saturated heterocycles. The van der Waals surface area contributed by atoms with Crippen LogP contribution in [0.5, 0.6) is 0 Å². The molecule has 0 saturated carbocycles. The van der Waals surface area contributed by atoms with Crippen LogP contribution in [0.3, 0.4) is 0 Å². The van der Waals surface area contributed by atoms with Gasteiger partial charge in [0.05, 0.1) is 0 Å². The Morgan fingerprint density at radius 2 is 2.06 bits per heavy atom. The summed E-state index contributed by atoms with van der Waals surface area (Å²) >= 11 is 0. The topological polar surface area (TPSA) is 91.5 Å². The first-order valence-electron chi connectivity index (χ1n) is 5.97. The van der Waals surface area contributed by atoms with Crippen LogP contribution in [0.4, 0.5) is 5.69 Å². The summed E-state index contributed by atoms with van der Waals surface area (Å²) < 4.78 is 0. The van der Waals surface area contributed by atoms with Crippen LogP contribution in [0.2, 0.25) is 0 Å². The number of aliphatic imine (C=N–C) groups is 1. The zero-order valence-electron chi connectivity index (χ0n) is 11.2. The van der Waals surface area contributed by atoms with Gasteiger partial charge in [0.1, 0.15) is 0 Å². The number of anilines is 1. The molecule has 5 N–H and O–H groups in total. The molecular formula is C13H21N5. The van der Waals surface area contributed by atoms with Gasteiger partial charge in [-0.3, -0.25) is 5.41 Å². The third-order valence-electron chi connectivity index (χ3n) is 2.73. The van der Waals surface area contributed by atoms with Crippen LogP contribution >= 0.6 is 0 Å². The second kappa shape index (κ2) is 6.05. The van der Waals surface area contributed by atoms with E-state index >= 15 is 0 Å². The molecule has 5 nitrogen and oxygen atoms in total. The van der Waals surface area contributed by atoms with E-state index in [1.165, 1.54) is 5.56 Å². The maximum atomic E-state index is 7.87. The number of para-hydroxylation sites is 1. The number of hydrogen-bond acceptors (Lipinski definition) is 1. The fourth-order valence-electron chi connectivity index (χ4n) is 1.97. The standard InChI is InChI=1S/C13H21N5/c1-4-6-10-8-5-7-9(2)11(10)18(3)13(16)17-12(14)15/h5,7-8H,4,6H2,1-3H3,(H5,14,15,16,17). The summed E-state index contributed by atoms with van der Waals surface area (Å²) in [5.41, 5.74) is 13.9. The van der Waals surface area contributed by atoms with Gasteiger partial charge >= 0.3 is 0 Å². The molecule has 18 heavy (non-hydrogen) atoms. The van der Waals surface area contributed by atoms with Crippen molar-refractivity contribution in [2.75, 3.05) is 11.9 Å². The van der Waals surface area contributed by atoms with Crippen molar-refractivity contribution in [2.45, 2.75) is 26.7 Å². The molecule has 0 spiro atoms. The fourth-order valence-corrected chi connectivity index (χ4v) is 1.97. The lowest BCUT2D eigenvalue weighted by Crippen LogP contribution is -2.31. The summed E-state index contributed by atoms with van der Waals surface area (Å²) in [5.74, 6) is -0.0564. The molecule has 0 atom stereocenters. The number of hydrogen-bond donors (Lipinski definition) is 3. The summed E-state index contributed by atoms with van der Waals surface area (Å²) in [7, 11) is 1.80. The van der Waals surface area contributed by atoms with Crippen molar-refractivity contribution in [1.82, 2.24) is 0 Å². The van der Waals surface area contributed by atoms with Crippen molar-refractivity contribution in [1.29, 1.82) is 5.41 Å². The van der Waals surface area contributed by atoms with Crippen molar-refractivity contribution in [2.24, 2.45) is 16.5 Å². The lowest BCUT2D eigenvalue weighted by molar-refractivity contribution is 0.915. The van der Waals surface area contributed by atoms with Crippen LogP contribution in [-0.4, -0.2) is 19.0 Å². The second-order valence-electron chi connectivity index (χ2n) is 4.25. The van der Waals surface area contributed by atoms with Gasteiger partial charge in [-0.25, -0.2) is 0 Å². The van der Waals surface area contributed by atoms with Crippen LogP contribution < -0.4 is 16.4 Å². The molecular weight excluding hydrogens is 226 g/mol. The SMILES string of the molecule is CCCc1cccc(C)c1N(C)C(=N)N=C(N)N. The van der Waals surface area contributed by atoms with Crippen LogP contribution in [0.25, 0.3) is 0 Å². The van der Waals surface area contributed by atoms with E-state index in [-0.39, 0.29) is 11.9 Å². The Balaban J connectivity index is 3.15. The minimum atomic E-state index is -0.0996. The fraction of sp³-hybridized carbons (Fsp3) is 0.385. The number of nitrogens with zero attached hydrogens (tertiary/aromatic N) is 2. The third kappa shape index (κ3) is 3.23. The van der Waals surface area contributed by atoms with Crippen molar-refractivity contribution < 1.29 is 0 Å². The van der Waals surface area contributed by atoms with E-state index in [2.05, 4.69) is 18.0 Å². The Bertz CT molecular complexity index is 460. The van der Waals surface area contributed by atoms with Crippen molar-refractivity contribution in [3.8, 4) is 0 Å². The molecule has 0 unspecified atom stereocenters. The third-order valence-corrected chi connectivity index (χ3v) is 2.73. The van der Waals surface area contributed by atoms with Gasteiger partial charge in [-0.05, 0) is 24.5 Å². The molecule has 0 amide bonds. The molecule has 0 heterocycles. The molecule has 5 heteroatoms. The van der Waals surface area contributed by atoms with Crippen molar-refractivity contribution in [3.63, 3.8) is 0 Å². The Labute approximate surface area is 108 Å². The summed E-state index contributed by atoms with van der Waals surface area (Å²) in [6.07, 6.45) is 2.02. The number of nitrogens with one attached hydrogen (secondary N) is 1. The molecule has 0 aliphatic carbocycles. The summed E-state index contributed by atoms with van der Waals surface area (Å²) in [4.78, 5) is 5.49.